The van der Waals surface area contributed by atoms with E-state index in [1.165, 1.54) is 16.2 Å². The molecular weight excluding hydrogens is 358 g/mol. The van der Waals surface area contributed by atoms with Crippen molar-refractivity contribution in [2.45, 2.75) is 25.4 Å². The third kappa shape index (κ3) is 3.01. The molecule has 4 rings (SSSR count). The van der Waals surface area contributed by atoms with Gasteiger partial charge in [0.25, 0.3) is 0 Å². The Hall–Kier alpha value is -2.03. The van der Waals surface area contributed by atoms with Gasteiger partial charge in [-0.15, -0.1) is 22.7 Å². The van der Waals surface area contributed by atoms with Gasteiger partial charge in [-0.25, -0.2) is 9.69 Å². The van der Waals surface area contributed by atoms with Crippen molar-refractivity contribution >= 4 is 40.5 Å². The fourth-order valence-electron chi connectivity index (χ4n) is 3.35. The summed E-state index contributed by atoms with van der Waals surface area (Å²) in [5.74, 6) is -1.45. The van der Waals surface area contributed by atoms with Crippen molar-refractivity contribution in [2.24, 2.45) is 0 Å². The zero-order valence-corrected chi connectivity index (χ0v) is 15.1. The molecule has 2 aromatic heterocycles. The van der Waals surface area contributed by atoms with Gasteiger partial charge >= 0.3 is 17.8 Å². The fourth-order valence-corrected chi connectivity index (χ4v) is 4.94. The van der Waals surface area contributed by atoms with Gasteiger partial charge in [0, 0.05) is 22.3 Å². The summed E-state index contributed by atoms with van der Waals surface area (Å²) >= 11 is 3.14. The van der Waals surface area contributed by atoms with Crippen molar-refractivity contribution < 1.29 is 14.4 Å². The molecule has 0 spiro atoms. The monoisotopic (exact) mass is 375 g/mol. The lowest BCUT2D eigenvalue weighted by Gasteiger charge is -2.27. The van der Waals surface area contributed by atoms with Crippen LogP contribution in [0.4, 0.5) is 4.79 Å². The van der Waals surface area contributed by atoms with Crippen LogP contribution >= 0.6 is 22.7 Å². The number of amides is 4. The second-order valence-corrected chi connectivity index (χ2v) is 8.13. The minimum atomic E-state index is -0.731. The van der Waals surface area contributed by atoms with Crippen LogP contribution in [0.25, 0.3) is 0 Å². The SMILES string of the molecule is O=C1C(=O)N(CN2CCC[C@@H]2c2cccs2)C(=O)N1Cc1cccs1. The van der Waals surface area contributed by atoms with Crippen LogP contribution < -0.4 is 0 Å². The van der Waals surface area contributed by atoms with Gasteiger partial charge in [-0.3, -0.25) is 19.4 Å². The summed E-state index contributed by atoms with van der Waals surface area (Å²) in [5, 5.41) is 3.92. The minimum Gasteiger partial charge on any atom is -0.278 e. The predicted octanol–water partition coefficient (Wildman–Crippen LogP) is 2.90. The van der Waals surface area contributed by atoms with Gasteiger partial charge < -0.3 is 0 Å². The lowest BCUT2D eigenvalue weighted by atomic mass is 10.2. The maximum absolute atomic E-state index is 12.6. The molecule has 0 saturated carbocycles. The van der Waals surface area contributed by atoms with E-state index in [0.29, 0.717) is 0 Å². The molecule has 1 atom stereocenters. The summed E-state index contributed by atoms with van der Waals surface area (Å²) in [4.78, 5) is 43.6. The van der Waals surface area contributed by atoms with E-state index in [-0.39, 0.29) is 19.3 Å². The van der Waals surface area contributed by atoms with Crippen LogP contribution in [0.5, 0.6) is 0 Å². The van der Waals surface area contributed by atoms with Crippen LogP contribution in [0.3, 0.4) is 0 Å². The molecule has 2 aromatic rings. The fraction of sp³-hybridized carbons (Fsp3) is 0.353. The van der Waals surface area contributed by atoms with Crippen LogP contribution in [0, 0.1) is 0 Å². The number of imide groups is 2. The Balaban J connectivity index is 1.49. The number of likely N-dealkylation sites (tertiary alicyclic amines) is 1. The molecule has 6 nitrogen and oxygen atoms in total. The molecule has 0 N–H and O–H groups in total. The predicted molar refractivity (Wildman–Crippen MR) is 95.0 cm³/mol. The molecule has 8 heteroatoms. The van der Waals surface area contributed by atoms with Crippen molar-refractivity contribution in [1.82, 2.24) is 14.7 Å². The van der Waals surface area contributed by atoms with Gasteiger partial charge in [0.05, 0.1) is 13.2 Å². The Labute approximate surface area is 153 Å². The van der Waals surface area contributed by atoms with Gasteiger partial charge in [0.1, 0.15) is 0 Å². The molecule has 0 radical (unpaired) electrons. The molecule has 0 aliphatic carbocycles. The number of rotatable bonds is 5. The zero-order chi connectivity index (χ0) is 17.4. The van der Waals surface area contributed by atoms with Gasteiger partial charge in [0.2, 0.25) is 0 Å². The molecule has 4 heterocycles. The molecule has 0 aromatic carbocycles. The van der Waals surface area contributed by atoms with Crippen molar-refractivity contribution in [3.8, 4) is 0 Å². The van der Waals surface area contributed by atoms with E-state index in [0.717, 1.165) is 34.1 Å². The van der Waals surface area contributed by atoms with E-state index in [1.54, 1.807) is 11.3 Å². The van der Waals surface area contributed by atoms with Crippen molar-refractivity contribution in [3.63, 3.8) is 0 Å². The maximum atomic E-state index is 12.6. The first kappa shape index (κ1) is 16.4. The smallest absolute Gasteiger partial charge is 0.278 e. The van der Waals surface area contributed by atoms with Crippen LogP contribution in [-0.4, -0.2) is 45.8 Å². The number of hydrogen-bond acceptors (Lipinski definition) is 6. The lowest BCUT2D eigenvalue weighted by Crippen LogP contribution is -2.41. The molecule has 25 heavy (non-hydrogen) atoms. The Morgan fingerprint density at radius 3 is 2.48 bits per heavy atom. The van der Waals surface area contributed by atoms with E-state index < -0.39 is 17.8 Å². The van der Waals surface area contributed by atoms with Crippen LogP contribution in [0.2, 0.25) is 0 Å². The van der Waals surface area contributed by atoms with Gasteiger partial charge in [0.15, 0.2) is 0 Å². The van der Waals surface area contributed by atoms with Crippen molar-refractivity contribution in [3.05, 3.63) is 44.8 Å². The van der Waals surface area contributed by atoms with Gasteiger partial charge in [-0.1, -0.05) is 12.1 Å². The number of nitrogens with zero attached hydrogens (tertiary/aromatic N) is 3. The van der Waals surface area contributed by atoms with E-state index in [1.807, 2.05) is 29.0 Å². The highest BCUT2D eigenvalue weighted by Crippen LogP contribution is 2.35. The highest BCUT2D eigenvalue weighted by atomic mass is 32.1. The highest BCUT2D eigenvalue weighted by Gasteiger charge is 2.46. The summed E-state index contributed by atoms with van der Waals surface area (Å²) in [6.07, 6.45) is 2.02. The quantitative estimate of drug-likeness (QED) is 0.596. The minimum absolute atomic E-state index is 0.159. The Morgan fingerprint density at radius 1 is 1.00 bits per heavy atom. The van der Waals surface area contributed by atoms with E-state index >= 15 is 0 Å². The molecule has 2 aliphatic rings. The third-order valence-electron chi connectivity index (χ3n) is 4.59. The maximum Gasteiger partial charge on any atom is 0.335 e. The first-order valence-electron chi connectivity index (χ1n) is 8.12. The normalized spacial score (nSPS) is 21.8. The first-order valence-corrected chi connectivity index (χ1v) is 9.88. The highest BCUT2D eigenvalue weighted by molar-refractivity contribution is 7.10. The molecular formula is C17H17N3O3S2. The number of hydrogen-bond donors (Lipinski definition) is 0. The van der Waals surface area contributed by atoms with E-state index in [2.05, 4.69) is 11.0 Å². The summed E-state index contributed by atoms with van der Waals surface area (Å²) in [7, 11) is 0. The summed E-state index contributed by atoms with van der Waals surface area (Å²) in [6, 6.07) is 7.50. The van der Waals surface area contributed by atoms with Gasteiger partial charge in [-0.05, 0) is 35.7 Å². The number of carbonyl (C=O) groups excluding carboxylic acids is 3. The molecule has 2 saturated heterocycles. The van der Waals surface area contributed by atoms with E-state index in [9.17, 15) is 14.4 Å². The number of carbonyl (C=O) groups is 3. The molecule has 2 aliphatic heterocycles. The van der Waals surface area contributed by atoms with Crippen molar-refractivity contribution in [1.29, 1.82) is 0 Å². The van der Waals surface area contributed by atoms with Crippen LogP contribution in [0.15, 0.2) is 35.0 Å². The third-order valence-corrected chi connectivity index (χ3v) is 6.42. The number of urea groups is 1. The van der Waals surface area contributed by atoms with Crippen molar-refractivity contribution in [2.75, 3.05) is 13.2 Å². The Morgan fingerprint density at radius 2 is 1.76 bits per heavy atom. The average molecular weight is 375 g/mol. The first-order chi connectivity index (χ1) is 12.1. The number of thiophene rings is 2. The second kappa shape index (κ2) is 6.70. The zero-order valence-electron chi connectivity index (χ0n) is 13.5. The lowest BCUT2D eigenvalue weighted by molar-refractivity contribution is -0.144. The molecule has 0 unspecified atom stereocenters. The largest absolute Gasteiger partial charge is 0.335 e. The van der Waals surface area contributed by atoms with Crippen LogP contribution in [0.1, 0.15) is 28.6 Å². The molecule has 2 fully saturated rings. The van der Waals surface area contributed by atoms with Gasteiger partial charge in [-0.2, -0.15) is 0 Å². The summed E-state index contributed by atoms with van der Waals surface area (Å²) < 4.78 is 0. The summed E-state index contributed by atoms with van der Waals surface area (Å²) in [5.41, 5.74) is 0. The second-order valence-electron chi connectivity index (χ2n) is 6.11. The summed E-state index contributed by atoms with van der Waals surface area (Å²) in [6.45, 7) is 1.15. The Bertz CT molecular complexity index is 788. The molecule has 4 amide bonds. The standard InChI is InChI=1S/C17H17N3O3S2/c21-15-16(22)20(17(23)19(15)10-12-4-2-8-24-12)11-18-7-1-5-13(18)14-6-3-9-25-14/h2-4,6,8-9,13H,1,5,7,10-11H2/t13-/m1/s1. The molecule has 0 bridgehead atoms. The van der Waals surface area contributed by atoms with Crippen LogP contribution in [-0.2, 0) is 16.1 Å². The molecule has 130 valence electrons. The average Bonchev–Trinajstić information content (AvgIpc) is 3.38. The topological polar surface area (TPSA) is 60.9 Å². The Kier molecular flexibility index (Phi) is 4.41. The van der Waals surface area contributed by atoms with E-state index in [4.69, 9.17) is 0 Å².